The Balaban J connectivity index is 1.88. The topological polar surface area (TPSA) is 74.6 Å². The second kappa shape index (κ2) is 5.76. The van der Waals surface area contributed by atoms with Crippen molar-refractivity contribution in [1.82, 2.24) is 0 Å². The van der Waals surface area contributed by atoms with Gasteiger partial charge in [-0.15, -0.1) is 12.6 Å². The third-order valence-corrected chi connectivity index (χ3v) is 8.88. The lowest BCUT2D eigenvalue weighted by atomic mass is 9.44. The fourth-order valence-corrected chi connectivity index (χ4v) is 7.47. The number of halogens is 2. The molecule has 0 aromatic heterocycles. The fraction of sp³-hybridized carbons (Fsp3) is 0.714. The van der Waals surface area contributed by atoms with Crippen molar-refractivity contribution < 1.29 is 28.6 Å². The van der Waals surface area contributed by atoms with Gasteiger partial charge in [0.2, 0.25) is 5.12 Å². The van der Waals surface area contributed by atoms with Gasteiger partial charge in [0, 0.05) is 16.7 Å². The van der Waals surface area contributed by atoms with Crippen LogP contribution in [0.3, 0.4) is 0 Å². The summed E-state index contributed by atoms with van der Waals surface area (Å²) in [5.74, 6) is -2.29. The van der Waals surface area contributed by atoms with Crippen LogP contribution >= 0.6 is 12.6 Å². The minimum atomic E-state index is -2.20. The van der Waals surface area contributed by atoms with E-state index in [2.05, 4.69) is 12.6 Å². The van der Waals surface area contributed by atoms with Crippen molar-refractivity contribution in [3.8, 4) is 0 Å². The van der Waals surface area contributed by atoms with Crippen molar-refractivity contribution in [1.29, 1.82) is 0 Å². The van der Waals surface area contributed by atoms with Crippen LogP contribution in [0.5, 0.6) is 0 Å². The first kappa shape index (κ1) is 20.2. The number of aliphatic hydroxyl groups is 2. The van der Waals surface area contributed by atoms with Gasteiger partial charge in [-0.25, -0.2) is 8.78 Å². The molecule has 3 fully saturated rings. The van der Waals surface area contributed by atoms with Crippen molar-refractivity contribution in [2.24, 2.45) is 28.6 Å². The summed E-state index contributed by atoms with van der Waals surface area (Å²) < 4.78 is 32.0. The summed E-state index contributed by atoms with van der Waals surface area (Å²) in [7, 11) is 0. The zero-order valence-corrected chi connectivity index (χ0v) is 17.0. The smallest absolute Gasteiger partial charge is 0.218 e. The van der Waals surface area contributed by atoms with E-state index < -0.39 is 63.0 Å². The molecule has 2 N–H and O–H groups in total. The molecule has 0 amide bonds. The molecule has 0 radical (unpaired) electrons. The Morgan fingerprint density at radius 2 is 1.93 bits per heavy atom. The highest BCUT2D eigenvalue weighted by atomic mass is 32.1. The molecule has 0 heterocycles. The van der Waals surface area contributed by atoms with Crippen LogP contribution in [0.1, 0.15) is 40.0 Å². The van der Waals surface area contributed by atoms with E-state index in [1.807, 2.05) is 0 Å². The molecule has 0 unspecified atom stereocenters. The molecule has 0 saturated heterocycles. The van der Waals surface area contributed by atoms with Crippen LogP contribution in [0.4, 0.5) is 8.78 Å². The maximum Gasteiger partial charge on any atom is 0.218 e. The average Bonchev–Trinajstić information content (AvgIpc) is 2.81. The van der Waals surface area contributed by atoms with E-state index in [-0.39, 0.29) is 18.4 Å². The summed E-state index contributed by atoms with van der Waals surface area (Å²) >= 11 is 3.90. The summed E-state index contributed by atoms with van der Waals surface area (Å²) in [6.45, 7) is 4.92. The zero-order chi connectivity index (χ0) is 20.9. The Hall–Kier alpha value is -1.05. The lowest BCUT2D eigenvalue weighted by molar-refractivity contribution is -0.221. The third-order valence-electron chi connectivity index (χ3n) is 8.54. The van der Waals surface area contributed by atoms with Crippen LogP contribution in [0, 0.1) is 28.6 Å². The number of hydrogen-bond acceptors (Lipinski definition) is 4. The second-order valence-corrected chi connectivity index (χ2v) is 9.97. The van der Waals surface area contributed by atoms with Gasteiger partial charge < -0.3 is 10.2 Å². The predicted molar refractivity (Wildman–Crippen MR) is 102 cm³/mol. The van der Waals surface area contributed by atoms with Crippen LogP contribution in [-0.2, 0) is 9.59 Å². The van der Waals surface area contributed by atoms with Crippen molar-refractivity contribution in [2.45, 2.75) is 63.6 Å². The summed E-state index contributed by atoms with van der Waals surface area (Å²) in [6, 6.07) is 0. The van der Waals surface area contributed by atoms with Crippen LogP contribution < -0.4 is 0 Å². The standard InChI is InChI=1S/C21H26F2O4S/c1-10-6-12-13-8-15(22)14-7-11(24)4-5-18(14,2)20(13,23)16(25)9-19(12,3)21(10,27)17(26)28/h4-5,7,10,12-13,15-16,25,27H,6,8-9H2,1-3H3,(H,26,28)/t10-,12-,13+,15+,16+,18+,19+,20+,21+/m1/s1. The van der Waals surface area contributed by atoms with Crippen LogP contribution in [-0.4, -0.2) is 44.7 Å². The quantitative estimate of drug-likeness (QED) is 0.579. The fourth-order valence-electron chi connectivity index (χ4n) is 7.00. The molecule has 9 atom stereocenters. The molecule has 4 rings (SSSR count). The molecular formula is C21H26F2O4S. The van der Waals surface area contributed by atoms with E-state index in [0.29, 0.717) is 6.42 Å². The predicted octanol–water partition coefficient (Wildman–Crippen LogP) is 2.74. The van der Waals surface area contributed by atoms with Gasteiger partial charge in [-0.3, -0.25) is 9.59 Å². The van der Waals surface area contributed by atoms with E-state index in [4.69, 9.17) is 0 Å². The van der Waals surface area contributed by atoms with Gasteiger partial charge in [-0.1, -0.05) is 19.9 Å². The molecular weight excluding hydrogens is 386 g/mol. The molecule has 3 saturated carbocycles. The van der Waals surface area contributed by atoms with Gasteiger partial charge in [0.15, 0.2) is 11.5 Å². The second-order valence-electron chi connectivity index (χ2n) is 9.57. The maximum atomic E-state index is 16.8. The number of carbonyl (C=O) groups excluding carboxylic acids is 2. The molecule has 4 aliphatic rings. The number of fused-ring (bicyclic) bond motifs is 5. The first-order valence-corrected chi connectivity index (χ1v) is 10.2. The molecule has 0 aromatic carbocycles. The lowest BCUT2D eigenvalue weighted by Gasteiger charge is -2.62. The van der Waals surface area contributed by atoms with Gasteiger partial charge in [0.25, 0.3) is 0 Å². The summed E-state index contributed by atoms with van der Waals surface area (Å²) in [6.07, 6.45) is 0.703. The molecule has 154 valence electrons. The van der Waals surface area contributed by atoms with E-state index in [0.717, 1.165) is 6.08 Å². The van der Waals surface area contributed by atoms with Crippen LogP contribution in [0.25, 0.3) is 0 Å². The molecule has 0 aliphatic heterocycles. The Labute approximate surface area is 168 Å². The van der Waals surface area contributed by atoms with Gasteiger partial charge in [0.1, 0.15) is 11.8 Å². The summed E-state index contributed by atoms with van der Waals surface area (Å²) in [5, 5.41) is 21.6. The lowest BCUT2D eigenvalue weighted by Crippen LogP contribution is -2.70. The highest BCUT2D eigenvalue weighted by Crippen LogP contribution is 2.71. The summed E-state index contributed by atoms with van der Waals surface area (Å²) in [4.78, 5) is 24.1. The molecule has 4 aliphatic carbocycles. The van der Waals surface area contributed by atoms with E-state index in [9.17, 15) is 19.8 Å². The van der Waals surface area contributed by atoms with E-state index in [1.54, 1.807) is 13.8 Å². The molecule has 4 nitrogen and oxygen atoms in total. The molecule has 0 aromatic rings. The van der Waals surface area contributed by atoms with Gasteiger partial charge in [-0.05, 0) is 55.7 Å². The number of hydrogen-bond donors (Lipinski definition) is 3. The van der Waals surface area contributed by atoms with Gasteiger partial charge in [-0.2, -0.15) is 0 Å². The van der Waals surface area contributed by atoms with E-state index >= 15 is 8.78 Å². The van der Waals surface area contributed by atoms with E-state index in [1.165, 1.54) is 19.1 Å². The number of aliphatic hydroxyl groups excluding tert-OH is 1. The Kier molecular flexibility index (Phi) is 4.16. The molecule has 28 heavy (non-hydrogen) atoms. The highest BCUT2D eigenvalue weighted by molar-refractivity contribution is 7.96. The SMILES string of the molecule is C[C@@H]1C[C@@H]2[C@@H]3C[C@H](F)C4=CC(=O)C=C[C@]4(C)[C@@]3(F)[C@@H](O)C[C@]2(C)[C@@]1(O)C(=O)S. The van der Waals surface area contributed by atoms with Crippen molar-refractivity contribution in [3.05, 3.63) is 23.8 Å². The van der Waals surface area contributed by atoms with Crippen LogP contribution in [0.2, 0.25) is 0 Å². The normalized spacial score (nSPS) is 55.2. The maximum absolute atomic E-state index is 16.8. The number of thiol groups is 1. The monoisotopic (exact) mass is 412 g/mol. The Morgan fingerprint density at radius 1 is 1.29 bits per heavy atom. The number of alkyl halides is 2. The molecule has 7 heteroatoms. The Bertz CT molecular complexity index is 827. The van der Waals surface area contributed by atoms with Gasteiger partial charge in [0.05, 0.1) is 6.10 Å². The highest BCUT2D eigenvalue weighted by Gasteiger charge is 2.76. The first-order valence-electron chi connectivity index (χ1n) is 9.76. The van der Waals surface area contributed by atoms with Gasteiger partial charge >= 0.3 is 0 Å². The number of ketones is 1. The zero-order valence-electron chi connectivity index (χ0n) is 16.2. The van der Waals surface area contributed by atoms with Crippen LogP contribution in [0.15, 0.2) is 23.8 Å². The van der Waals surface area contributed by atoms with Crippen molar-refractivity contribution in [2.75, 3.05) is 0 Å². The molecule has 0 bridgehead atoms. The van der Waals surface area contributed by atoms with Crippen molar-refractivity contribution in [3.63, 3.8) is 0 Å². The largest absolute Gasteiger partial charge is 0.390 e. The first-order chi connectivity index (χ1) is 12.8. The summed E-state index contributed by atoms with van der Waals surface area (Å²) in [5.41, 5.74) is -6.53. The number of rotatable bonds is 1. The minimum Gasteiger partial charge on any atom is -0.390 e. The van der Waals surface area contributed by atoms with Crippen molar-refractivity contribution >= 4 is 23.5 Å². The minimum absolute atomic E-state index is 0.0629. The third kappa shape index (κ3) is 2.03. The Morgan fingerprint density at radius 3 is 2.54 bits per heavy atom. The number of allylic oxidation sites excluding steroid dienone is 4. The number of carbonyl (C=O) groups is 2. The molecule has 0 spiro atoms. The average molecular weight is 412 g/mol.